The van der Waals surface area contributed by atoms with E-state index in [9.17, 15) is 9.59 Å². The average Bonchev–Trinajstić information content (AvgIpc) is 2.68. The normalized spacial score (nSPS) is 11.0. The molecule has 0 aliphatic carbocycles. The molecule has 2 aromatic rings. The number of nitrogens with zero attached hydrogens (tertiary/aromatic N) is 4. The van der Waals surface area contributed by atoms with Gasteiger partial charge in [-0.2, -0.15) is 4.98 Å². The number of halogens is 1. The van der Waals surface area contributed by atoms with Crippen molar-refractivity contribution in [1.29, 1.82) is 0 Å². The largest absolute Gasteiger partial charge is 0.352 e. The van der Waals surface area contributed by atoms with E-state index in [0.29, 0.717) is 23.1 Å². The Kier molecular flexibility index (Phi) is 4.56. The maximum Gasteiger partial charge on any atom is 0.352 e. The van der Waals surface area contributed by atoms with E-state index in [1.54, 1.807) is 35.2 Å². The lowest BCUT2D eigenvalue weighted by molar-refractivity contribution is 0.678. The van der Waals surface area contributed by atoms with Crippen LogP contribution in [0.1, 0.15) is 11.1 Å². The first-order chi connectivity index (χ1) is 13.1. The molecule has 4 rings (SSSR count). The third kappa shape index (κ3) is 3.52. The molecule has 2 aliphatic rings. The highest BCUT2D eigenvalue weighted by molar-refractivity contribution is 6.29. The maximum absolute atomic E-state index is 12.9. The Hall–Kier alpha value is -3.25. The predicted octanol–water partition coefficient (Wildman–Crippen LogP) is 2.65. The highest BCUT2D eigenvalue weighted by Gasteiger charge is 2.17. The van der Waals surface area contributed by atoms with Gasteiger partial charge < -0.3 is 4.57 Å². The first-order valence-electron chi connectivity index (χ1n) is 8.36. The molecule has 0 spiro atoms. The van der Waals surface area contributed by atoms with E-state index in [4.69, 9.17) is 11.6 Å². The number of aromatic nitrogens is 4. The van der Waals surface area contributed by atoms with Crippen molar-refractivity contribution in [3.63, 3.8) is 0 Å². The second-order valence-electron chi connectivity index (χ2n) is 6.13. The third-order valence-corrected chi connectivity index (χ3v) is 4.50. The zero-order valence-corrected chi connectivity index (χ0v) is 15.0. The summed E-state index contributed by atoms with van der Waals surface area (Å²) in [7, 11) is 0. The van der Waals surface area contributed by atoms with Gasteiger partial charge in [0, 0.05) is 12.4 Å². The van der Waals surface area contributed by atoms with Crippen LogP contribution in [0, 0.1) is 0 Å². The number of benzene rings is 1. The van der Waals surface area contributed by atoms with Gasteiger partial charge >= 0.3 is 5.69 Å². The summed E-state index contributed by atoms with van der Waals surface area (Å²) in [5.41, 5.74) is 1.24. The maximum atomic E-state index is 12.9. The molecule has 3 heterocycles. The summed E-state index contributed by atoms with van der Waals surface area (Å²) in [6, 6.07) is 16.4. The zero-order valence-electron chi connectivity index (χ0n) is 14.2. The fourth-order valence-electron chi connectivity index (χ4n) is 2.95. The van der Waals surface area contributed by atoms with Crippen LogP contribution in [0.4, 0.5) is 0 Å². The van der Waals surface area contributed by atoms with E-state index in [-0.39, 0.29) is 12.1 Å². The van der Waals surface area contributed by atoms with Gasteiger partial charge in [0.1, 0.15) is 5.15 Å². The Bertz CT molecular complexity index is 1170. The van der Waals surface area contributed by atoms with E-state index in [1.165, 1.54) is 0 Å². The van der Waals surface area contributed by atoms with Crippen LogP contribution in [0.2, 0.25) is 5.15 Å². The van der Waals surface area contributed by atoms with Crippen molar-refractivity contribution < 1.29 is 0 Å². The molecule has 0 saturated heterocycles. The summed E-state index contributed by atoms with van der Waals surface area (Å²) in [6.45, 7) is 0.619. The van der Waals surface area contributed by atoms with Crippen LogP contribution in [0.3, 0.4) is 0 Å². The van der Waals surface area contributed by atoms with Gasteiger partial charge in [-0.1, -0.05) is 48.0 Å². The molecule has 0 atom stereocenters. The fourth-order valence-corrected chi connectivity index (χ4v) is 3.06. The number of pyridine rings is 2. The van der Waals surface area contributed by atoms with Gasteiger partial charge in [-0.05, 0) is 29.3 Å². The van der Waals surface area contributed by atoms with Gasteiger partial charge in [-0.25, -0.2) is 9.78 Å². The molecule has 0 bridgehead atoms. The van der Waals surface area contributed by atoms with Crippen molar-refractivity contribution in [1.82, 2.24) is 19.1 Å². The Labute approximate surface area is 159 Å². The molecule has 134 valence electrons. The van der Waals surface area contributed by atoms with Crippen molar-refractivity contribution in [2.24, 2.45) is 0 Å². The van der Waals surface area contributed by atoms with Crippen molar-refractivity contribution in [3.05, 3.63) is 104 Å². The van der Waals surface area contributed by atoms with Crippen LogP contribution in [0.5, 0.6) is 0 Å². The lowest BCUT2D eigenvalue weighted by Crippen LogP contribution is -2.38. The van der Waals surface area contributed by atoms with Crippen LogP contribution in [-0.2, 0) is 13.1 Å². The summed E-state index contributed by atoms with van der Waals surface area (Å²) < 4.78 is 2.92. The van der Waals surface area contributed by atoms with E-state index in [2.05, 4.69) is 9.97 Å². The molecule has 0 fully saturated rings. The first kappa shape index (κ1) is 17.2. The minimum Gasteiger partial charge on any atom is -0.328 e. The number of hydrogen-bond acceptors (Lipinski definition) is 4. The summed E-state index contributed by atoms with van der Waals surface area (Å²) >= 11 is 5.82. The minimum atomic E-state index is -0.564. The Morgan fingerprint density at radius 3 is 2.44 bits per heavy atom. The molecule has 0 saturated carbocycles. The third-order valence-electron chi connectivity index (χ3n) is 4.27. The van der Waals surface area contributed by atoms with Crippen molar-refractivity contribution in [2.75, 3.05) is 0 Å². The topological polar surface area (TPSA) is 69.8 Å². The van der Waals surface area contributed by atoms with E-state index < -0.39 is 5.69 Å². The monoisotopic (exact) mass is 378 g/mol. The van der Waals surface area contributed by atoms with Gasteiger partial charge in [0.2, 0.25) is 0 Å². The van der Waals surface area contributed by atoms with E-state index >= 15 is 0 Å². The zero-order chi connectivity index (χ0) is 18.8. The summed E-state index contributed by atoms with van der Waals surface area (Å²) in [6.07, 6.45) is 3.44. The molecule has 1 aromatic carbocycles. The van der Waals surface area contributed by atoms with Gasteiger partial charge in [0.25, 0.3) is 5.56 Å². The lowest BCUT2D eigenvalue weighted by Gasteiger charge is -2.15. The lowest BCUT2D eigenvalue weighted by atomic mass is 10.2. The second kappa shape index (κ2) is 7.17. The highest BCUT2D eigenvalue weighted by Crippen LogP contribution is 2.16. The molecule has 0 amide bonds. The van der Waals surface area contributed by atoms with Crippen LogP contribution < -0.4 is 11.2 Å². The van der Waals surface area contributed by atoms with E-state index in [1.807, 2.05) is 36.4 Å². The summed E-state index contributed by atoms with van der Waals surface area (Å²) in [5.74, 6) is 0.353. The number of hydrogen-bond donors (Lipinski definition) is 0. The standard InChI is InChI=1S/C20H15ClN4O2/c21-17-9-8-15(11-22-17)12-24-10-4-7-16-18(24)23-20(27)25(19(16)26)13-14-5-2-1-3-6-14/h1-11H,12-13H2. The molecule has 0 radical (unpaired) electrons. The van der Waals surface area contributed by atoms with Crippen molar-refractivity contribution in [2.45, 2.75) is 13.1 Å². The number of rotatable bonds is 4. The average molecular weight is 379 g/mol. The quantitative estimate of drug-likeness (QED) is 0.512. The van der Waals surface area contributed by atoms with Gasteiger partial charge in [0.05, 0.1) is 18.7 Å². The van der Waals surface area contributed by atoms with Crippen molar-refractivity contribution >= 4 is 11.6 Å². The molecule has 0 N–H and O–H groups in total. The highest BCUT2D eigenvalue weighted by atomic mass is 35.5. The number of fused-ring (bicyclic) bond motifs is 1. The van der Waals surface area contributed by atoms with E-state index in [0.717, 1.165) is 15.7 Å². The smallest absolute Gasteiger partial charge is 0.328 e. The first-order valence-corrected chi connectivity index (χ1v) is 8.74. The van der Waals surface area contributed by atoms with Crippen LogP contribution in [0.25, 0.3) is 11.4 Å². The van der Waals surface area contributed by atoms with Crippen LogP contribution >= 0.6 is 11.6 Å². The van der Waals surface area contributed by atoms with Gasteiger partial charge in [-0.3, -0.25) is 9.36 Å². The SMILES string of the molecule is O=c1nc2n(Cc3ccc(Cl)nc3)cccc-2c(=O)n1Cc1ccccc1. The molecule has 2 aliphatic heterocycles. The van der Waals surface area contributed by atoms with Crippen molar-refractivity contribution in [3.8, 4) is 11.4 Å². The van der Waals surface area contributed by atoms with Crippen LogP contribution in [-0.4, -0.2) is 19.1 Å². The summed E-state index contributed by atoms with van der Waals surface area (Å²) in [5, 5.41) is 0.408. The fraction of sp³-hybridized carbons (Fsp3) is 0.100. The molecular weight excluding hydrogens is 364 g/mol. The second-order valence-corrected chi connectivity index (χ2v) is 6.52. The van der Waals surface area contributed by atoms with Crippen LogP contribution in [0.15, 0.2) is 76.6 Å². The summed E-state index contributed by atoms with van der Waals surface area (Å²) in [4.78, 5) is 33.6. The molecular formula is C20H15ClN4O2. The Balaban J connectivity index is 1.77. The molecule has 7 heteroatoms. The molecule has 1 aromatic heterocycles. The minimum absolute atomic E-state index is 0.192. The molecule has 27 heavy (non-hydrogen) atoms. The predicted molar refractivity (Wildman–Crippen MR) is 103 cm³/mol. The van der Waals surface area contributed by atoms with Gasteiger partial charge in [0.15, 0.2) is 5.82 Å². The Morgan fingerprint density at radius 2 is 1.70 bits per heavy atom. The van der Waals surface area contributed by atoms with Gasteiger partial charge in [-0.15, -0.1) is 0 Å². The Morgan fingerprint density at radius 1 is 0.889 bits per heavy atom. The molecule has 6 nitrogen and oxygen atoms in total. The molecule has 0 unspecified atom stereocenters.